The number of nitro groups is 1. The van der Waals surface area contributed by atoms with E-state index >= 15 is 0 Å². The predicted octanol–water partition coefficient (Wildman–Crippen LogP) is 3.75. The lowest BCUT2D eigenvalue weighted by Gasteiger charge is -2.57. The van der Waals surface area contributed by atoms with E-state index in [9.17, 15) is 18.5 Å². The van der Waals surface area contributed by atoms with E-state index in [-0.39, 0.29) is 22.6 Å². The summed E-state index contributed by atoms with van der Waals surface area (Å²) in [6, 6.07) is 4.92. The summed E-state index contributed by atoms with van der Waals surface area (Å²) >= 11 is 3.61. The first-order valence-corrected chi connectivity index (χ1v) is 11.2. The first-order chi connectivity index (χ1) is 11.9. The van der Waals surface area contributed by atoms with E-state index < -0.39 is 15.0 Å². The fourth-order valence-electron chi connectivity index (χ4n) is 5.31. The summed E-state index contributed by atoms with van der Waals surface area (Å²) in [6.07, 6.45) is 4.15. The Morgan fingerprint density at radius 3 is 2.44 bits per heavy atom. The molecule has 6 nitrogen and oxygen atoms in total. The maximum Gasteiger partial charge on any atom is 0.297 e. The van der Waals surface area contributed by atoms with Crippen LogP contribution in [-0.2, 0) is 14.3 Å². The molecule has 1 aromatic carbocycles. The van der Waals surface area contributed by atoms with Gasteiger partial charge in [0.25, 0.3) is 15.8 Å². The third-order valence-corrected chi connectivity index (χ3v) is 8.35. The van der Waals surface area contributed by atoms with Crippen LogP contribution in [0.1, 0.15) is 25.7 Å². The monoisotopic (exact) mass is 429 g/mol. The van der Waals surface area contributed by atoms with Gasteiger partial charge in [-0.05, 0) is 67.4 Å². The number of nitro benzene ring substituents is 1. The number of alkyl halides is 1. The molecule has 4 aliphatic carbocycles. The molecule has 4 fully saturated rings. The largest absolute Gasteiger partial charge is 0.297 e. The zero-order valence-electron chi connectivity index (χ0n) is 13.6. The second kappa shape index (κ2) is 6.32. The Bertz CT molecular complexity index is 781. The Morgan fingerprint density at radius 1 is 1.12 bits per heavy atom. The molecule has 6 atom stereocenters. The van der Waals surface area contributed by atoms with Gasteiger partial charge < -0.3 is 0 Å². The van der Waals surface area contributed by atoms with Crippen LogP contribution in [0.25, 0.3) is 0 Å². The van der Waals surface area contributed by atoms with Gasteiger partial charge in [0.05, 0.1) is 15.9 Å². The summed E-state index contributed by atoms with van der Waals surface area (Å²) in [6.45, 7) is 0. The van der Waals surface area contributed by atoms with Crippen LogP contribution >= 0.6 is 15.9 Å². The standard InChI is InChI=1S/C17H20BrNO5S/c18-9-16-11-5-10-6-12(8-11)17(15(16)7-10)24-25(22,23)14-3-1-13(2-4-14)19(20)21/h1-4,10-12,15-17H,5-9H2/t10-,11+,12+,15-,16+,17-/m1/s1. The summed E-state index contributed by atoms with van der Waals surface area (Å²) in [7, 11) is -3.92. The lowest BCUT2D eigenvalue weighted by Crippen LogP contribution is -2.55. The van der Waals surface area contributed by atoms with Gasteiger partial charge in [-0.25, -0.2) is 0 Å². The number of hydrogen-bond acceptors (Lipinski definition) is 5. The fraction of sp³-hybridized carbons (Fsp3) is 0.647. The van der Waals surface area contributed by atoms with Gasteiger partial charge in [-0.2, -0.15) is 8.42 Å². The van der Waals surface area contributed by atoms with Crippen LogP contribution in [0.5, 0.6) is 0 Å². The molecule has 0 aliphatic heterocycles. The molecule has 0 unspecified atom stereocenters. The lowest BCUT2D eigenvalue weighted by molar-refractivity contribution is -0.384. The molecule has 4 saturated carbocycles. The van der Waals surface area contributed by atoms with Crippen LogP contribution in [-0.4, -0.2) is 24.8 Å². The Labute approximate surface area is 155 Å². The molecular weight excluding hydrogens is 410 g/mol. The molecule has 0 saturated heterocycles. The molecule has 0 aromatic heterocycles. The van der Waals surface area contributed by atoms with Crippen LogP contribution in [0, 0.1) is 39.7 Å². The zero-order chi connectivity index (χ0) is 17.8. The smallest absolute Gasteiger partial charge is 0.262 e. The molecular formula is C17H20BrNO5S. The van der Waals surface area contributed by atoms with Gasteiger partial charge in [0.15, 0.2) is 0 Å². The van der Waals surface area contributed by atoms with Crippen molar-refractivity contribution in [3.05, 3.63) is 34.4 Å². The van der Waals surface area contributed by atoms with Gasteiger partial charge >= 0.3 is 0 Å². The summed E-state index contributed by atoms with van der Waals surface area (Å²) < 4.78 is 31.1. The quantitative estimate of drug-likeness (QED) is 0.307. The lowest BCUT2D eigenvalue weighted by atomic mass is 9.51. The predicted molar refractivity (Wildman–Crippen MR) is 94.9 cm³/mol. The van der Waals surface area contributed by atoms with Gasteiger partial charge in [0.2, 0.25) is 0 Å². The molecule has 1 aromatic rings. The SMILES string of the molecule is O=[N+]([O-])c1ccc(S(=O)(=O)O[C@@H]2[C@H]3C[C@H]4C[C@@H](C3)[C@H](CBr)[C@H]2C4)cc1. The van der Waals surface area contributed by atoms with Crippen molar-refractivity contribution < 1.29 is 17.5 Å². The molecule has 136 valence electrons. The highest BCUT2D eigenvalue weighted by Crippen LogP contribution is 2.58. The van der Waals surface area contributed by atoms with Crippen molar-refractivity contribution in [3.8, 4) is 0 Å². The Morgan fingerprint density at radius 2 is 1.80 bits per heavy atom. The second-order valence-corrected chi connectivity index (χ2v) is 9.80. The van der Waals surface area contributed by atoms with Gasteiger partial charge in [0, 0.05) is 17.5 Å². The number of nitrogens with zero attached hydrogens (tertiary/aromatic N) is 1. The molecule has 0 spiro atoms. The number of benzene rings is 1. The van der Waals surface area contributed by atoms with Crippen molar-refractivity contribution in [3.63, 3.8) is 0 Å². The normalized spacial score (nSPS) is 36.5. The summed E-state index contributed by atoms with van der Waals surface area (Å²) in [4.78, 5) is 10.2. The number of non-ortho nitro benzene ring substituents is 1. The molecule has 4 aliphatic rings. The van der Waals surface area contributed by atoms with Gasteiger partial charge in [-0.3, -0.25) is 14.3 Å². The van der Waals surface area contributed by atoms with Crippen LogP contribution in [0.3, 0.4) is 0 Å². The van der Waals surface area contributed by atoms with Crippen molar-refractivity contribution in [1.82, 2.24) is 0 Å². The molecule has 5 rings (SSSR count). The second-order valence-electron chi connectivity index (χ2n) is 7.58. The Hall–Kier alpha value is -0.990. The van der Waals surface area contributed by atoms with Crippen LogP contribution < -0.4 is 0 Å². The van der Waals surface area contributed by atoms with Gasteiger partial charge in [0.1, 0.15) is 0 Å². The maximum absolute atomic E-state index is 12.7. The highest BCUT2D eigenvalue weighted by molar-refractivity contribution is 9.09. The van der Waals surface area contributed by atoms with E-state index in [0.29, 0.717) is 23.7 Å². The molecule has 0 amide bonds. The average molecular weight is 430 g/mol. The first-order valence-electron chi connectivity index (χ1n) is 8.62. The summed E-state index contributed by atoms with van der Waals surface area (Å²) in [5, 5.41) is 11.6. The molecule has 8 heteroatoms. The van der Waals surface area contributed by atoms with Crippen molar-refractivity contribution in [1.29, 1.82) is 0 Å². The van der Waals surface area contributed by atoms with Gasteiger partial charge in [-0.1, -0.05) is 15.9 Å². The number of hydrogen-bond donors (Lipinski definition) is 0. The van der Waals surface area contributed by atoms with E-state index in [1.165, 1.54) is 30.7 Å². The zero-order valence-corrected chi connectivity index (χ0v) is 16.0. The Balaban J connectivity index is 1.57. The Kier molecular flexibility index (Phi) is 4.40. The minimum Gasteiger partial charge on any atom is -0.262 e. The molecule has 0 N–H and O–H groups in total. The third kappa shape index (κ3) is 3.02. The third-order valence-electron chi connectivity index (χ3n) is 6.28. The van der Waals surface area contributed by atoms with Crippen LogP contribution in [0.2, 0.25) is 0 Å². The van der Waals surface area contributed by atoms with Crippen LogP contribution in [0.4, 0.5) is 5.69 Å². The minimum atomic E-state index is -3.92. The molecule has 4 bridgehead atoms. The topological polar surface area (TPSA) is 86.5 Å². The van der Waals surface area contributed by atoms with Gasteiger partial charge in [-0.15, -0.1) is 0 Å². The molecule has 25 heavy (non-hydrogen) atoms. The highest BCUT2D eigenvalue weighted by Gasteiger charge is 2.54. The van der Waals surface area contributed by atoms with E-state index in [1.807, 2.05) is 0 Å². The van der Waals surface area contributed by atoms with Crippen LogP contribution in [0.15, 0.2) is 29.2 Å². The van der Waals surface area contributed by atoms with Crippen molar-refractivity contribution in [2.45, 2.75) is 36.7 Å². The summed E-state index contributed by atoms with van der Waals surface area (Å²) in [5.74, 6) is 2.47. The van der Waals surface area contributed by atoms with Crippen molar-refractivity contribution in [2.24, 2.45) is 29.6 Å². The number of rotatable bonds is 5. The fourth-order valence-corrected chi connectivity index (χ4v) is 7.49. The maximum atomic E-state index is 12.7. The van der Waals surface area contributed by atoms with E-state index in [2.05, 4.69) is 15.9 Å². The highest BCUT2D eigenvalue weighted by atomic mass is 79.9. The van der Waals surface area contributed by atoms with E-state index in [0.717, 1.165) is 24.6 Å². The van der Waals surface area contributed by atoms with E-state index in [1.54, 1.807) is 0 Å². The first kappa shape index (κ1) is 17.4. The average Bonchev–Trinajstić information content (AvgIpc) is 2.58. The minimum absolute atomic E-state index is 0.0118. The van der Waals surface area contributed by atoms with Crippen molar-refractivity contribution in [2.75, 3.05) is 5.33 Å². The van der Waals surface area contributed by atoms with E-state index in [4.69, 9.17) is 4.18 Å². The molecule has 0 radical (unpaired) electrons. The van der Waals surface area contributed by atoms with Crippen molar-refractivity contribution >= 4 is 31.7 Å². The molecule has 0 heterocycles. The number of halogens is 1. The summed E-state index contributed by atoms with van der Waals surface area (Å²) in [5.41, 5.74) is -0.132.